The van der Waals surface area contributed by atoms with Crippen molar-refractivity contribution in [3.05, 3.63) is 0 Å². The molecule has 0 spiro atoms. The van der Waals surface area contributed by atoms with Gasteiger partial charge in [0.25, 0.3) is 0 Å². The molecule has 0 radical (unpaired) electrons. The molecular weight excluding hydrogens is 194 g/mol. The van der Waals surface area contributed by atoms with Crippen LogP contribution in [0.2, 0.25) is 0 Å². The Hall–Kier alpha value is -1.06. The second-order valence-corrected chi connectivity index (χ2v) is 5.70. The number of carboxylic acid groups (broad SMARTS) is 1. The number of rotatable bonds is 4. The SMILES string of the molecule is CC(C)(C)CNC(=O)CC(C)(C)C(=O)O. The summed E-state index contributed by atoms with van der Waals surface area (Å²) in [6.45, 7) is 9.68. The fraction of sp³-hybridized carbons (Fsp3) is 0.818. The van der Waals surface area contributed by atoms with Crippen LogP contribution in [0.5, 0.6) is 0 Å². The smallest absolute Gasteiger partial charge is 0.309 e. The Morgan fingerprint density at radius 1 is 1.13 bits per heavy atom. The van der Waals surface area contributed by atoms with E-state index < -0.39 is 11.4 Å². The van der Waals surface area contributed by atoms with E-state index in [1.807, 2.05) is 20.8 Å². The van der Waals surface area contributed by atoms with Gasteiger partial charge in [0.2, 0.25) is 5.91 Å². The molecule has 15 heavy (non-hydrogen) atoms. The van der Waals surface area contributed by atoms with Crippen molar-refractivity contribution in [1.29, 1.82) is 0 Å². The summed E-state index contributed by atoms with van der Waals surface area (Å²) >= 11 is 0. The van der Waals surface area contributed by atoms with Gasteiger partial charge >= 0.3 is 5.97 Å². The average Bonchev–Trinajstić information content (AvgIpc) is 1.98. The van der Waals surface area contributed by atoms with Gasteiger partial charge in [-0.25, -0.2) is 0 Å². The highest BCUT2D eigenvalue weighted by Gasteiger charge is 2.30. The molecule has 0 saturated heterocycles. The van der Waals surface area contributed by atoms with Gasteiger partial charge in [-0.3, -0.25) is 9.59 Å². The van der Waals surface area contributed by atoms with Crippen LogP contribution in [-0.2, 0) is 9.59 Å². The Morgan fingerprint density at radius 3 is 1.93 bits per heavy atom. The highest BCUT2D eigenvalue weighted by Crippen LogP contribution is 2.20. The molecule has 0 aromatic heterocycles. The molecule has 0 atom stereocenters. The molecule has 0 unspecified atom stereocenters. The molecule has 0 rings (SSSR count). The van der Waals surface area contributed by atoms with Gasteiger partial charge < -0.3 is 10.4 Å². The van der Waals surface area contributed by atoms with E-state index >= 15 is 0 Å². The van der Waals surface area contributed by atoms with Crippen molar-refractivity contribution in [3.8, 4) is 0 Å². The van der Waals surface area contributed by atoms with Crippen molar-refractivity contribution in [1.82, 2.24) is 5.32 Å². The predicted molar refractivity (Wildman–Crippen MR) is 58.5 cm³/mol. The molecule has 4 nitrogen and oxygen atoms in total. The zero-order chi connectivity index (χ0) is 12.3. The van der Waals surface area contributed by atoms with Crippen LogP contribution in [0.3, 0.4) is 0 Å². The van der Waals surface area contributed by atoms with Crippen LogP contribution in [-0.4, -0.2) is 23.5 Å². The Labute approximate surface area is 91.1 Å². The topological polar surface area (TPSA) is 66.4 Å². The summed E-state index contributed by atoms with van der Waals surface area (Å²) in [5.74, 6) is -1.16. The van der Waals surface area contributed by atoms with E-state index in [0.717, 1.165) is 0 Å². The third kappa shape index (κ3) is 6.10. The molecule has 0 aliphatic rings. The Morgan fingerprint density at radius 2 is 1.60 bits per heavy atom. The third-order valence-electron chi connectivity index (χ3n) is 2.00. The molecule has 2 N–H and O–H groups in total. The first kappa shape index (κ1) is 13.9. The molecule has 1 amide bonds. The van der Waals surface area contributed by atoms with Crippen molar-refractivity contribution in [2.75, 3.05) is 6.54 Å². The average molecular weight is 215 g/mol. The number of amides is 1. The van der Waals surface area contributed by atoms with Crippen molar-refractivity contribution in [2.45, 2.75) is 41.0 Å². The summed E-state index contributed by atoms with van der Waals surface area (Å²) < 4.78 is 0. The molecule has 88 valence electrons. The van der Waals surface area contributed by atoms with E-state index in [1.54, 1.807) is 13.8 Å². The maximum absolute atomic E-state index is 11.4. The Kier molecular flexibility index (Phi) is 4.31. The summed E-state index contributed by atoms with van der Waals surface area (Å²) in [5, 5.41) is 11.6. The zero-order valence-corrected chi connectivity index (χ0v) is 10.2. The molecule has 0 fully saturated rings. The number of aliphatic carboxylic acids is 1. The minimum Gasteiger partial charge on any atom is -0.481 e. The number of hydrogen-bond acceptors (Lipinski definition) is 2. The van der Waals surface area contributed by atoms with Crippen molar-refractivity contribution in [3.63, 3.8) is 0 Å². The number of nitrogens with one attached hydrogen (secondary N) is 1. The first-order chi connectivity index (χ1) is 6.54. The minimum absolute atomic E-state index is 0.0123. The highest BCUT2D eigenvalue weighted by atomic mass is 16.4. The Balaban J connectivity index is 4.11. The lowest BCUT2D eigenvalue weighted by molar-refractivity contribution is -0.149. The van der Waals surface area contributed by atoms with Crippen LogP contribution in [0.15, 0.2) is 0 Å². The van der Waals surface area contributed by atoms with E-state index in [-0.39, 0.29) is 17.7 Å². The molecule has 0 aromatic carbocycles. The van der Waals surface area contributed by atoms with Crippen molar-refractivity contribution in [2.24, 2.45) is 10.8 Å². The fourth-order valence-electron chi connectivity index (χ4n) is 0.903. The number of hydrogen-bond donors (Lipinski definition) is 2. The molecule has 0 aliphatic carbocycles. The molecule has 0 heterocycles. The van der Waals surface area contributed by atoms with Gasteiger partial charge in [-0.15, -0.1) is 0 Å². The normalized spacial score (nSPS) is 12.3. The van der Waals surface area contributed by atoms with Crippen LogP contribution >= 0.6 is 0 Å². The Bertz CT molecular complexity index is 251. The first-order valence-electron chi connectivity index (χ1n) is 5.05. The summed E-state index contributed by atoms with van der Waals surface area (Å²) in [7, 11) is 0. The first-order valence-corrected chi connectivity index (χ1v) is 5.05. The number of carbonyl (C=O) groups excluding carboxylic acids is 1. The zero-order valence-electron chi connectivity index (χ0n) is 10.2. The maximum Gasteiger partial charge on any atom is 0.309 e. The van der Waals surface area contributed by atoms with Crippen molar-refractivity contribution < 1.29 is 14.7 Å². The van der Waals surface area contributed by atoms with E-state index in [1.165, 1.54) is 0 Å². The van der Waals surface area contributed by atoms with Crippen molar-refractivity contribution >= 4 is 11.9 Å². The molecule has 0 saturated carbocycles. The maximum atomic E-state index is 11.4. The highest BCUT2D eigenvalue weighted by molar-refractivity contribution is 5.84. The summed E-state index contributed by atoms with van der Waals surface area (Å²) in [6, 6.07) is 0. The monoisotopic (exact) mass is 215 g/mol. The largest absolute Gasteiger partial charge is 0.481 e. The van der Waals surface area contributed by atoms with Gasteiger partial charge in [0.1, 0.15) is 0 Å². The van der Waals surface area contributed by atoms with E-state index in [2.05, 4.69) is 5.32 Å². The minimum atomic E-state index is -0.998. The van der Waals surface area contributed by atoms with E-state index in [9.17, 15) is 9.59 Å². The van der Waals surface area contributed by atoms with Gasteiger partial charge in [0.15, 0.2) is 0 Å². The summed E-state index contributed by atoms with van der Waals surface area (Å²) in [5.41, 5.74) is -0.981. The standard InChI is InChI=1S/C11H21NO3/c1-10(2,3)7-12-8(13)6-11(4,5)9(14)15/h6-7H2,1-5H3,(H,12,13)(H,14,15). The van der Waals surface area contributed by atoms with E-state index in [4.69, 9.17) is 5.11 Å². The predicted octanol–water partition coefficient (Wildman–Crippen LogP) is 1.65. The lowest BCUT2D eigenvalue weighted by Gasteiger charge is -2.22. The molecule has 0 aromatic rings. The third-order valence-corrected chi connectivity index (χ3v) is 2.00. The number of carbonyl (C=O) groups is 2. The quantitative estimate of drug-likeness (QED) is 0.749. The van der Waals surface area contributed by atoms with Gasteiger partial charge in [0.05, 0.1) is 5.41 Å². The molecular formula is C11H21NO3. The second kappa shape index (κ2) is 4.64. The van der Waals surface area contributed by atoms with Gasteiger partial charge in [-0.05, 0) is 19.3 Å². The molecule has 4 heteroatoms. The van der Waals surface area contributed by atoms with Crippen LogP contribution in [0.25, 0.3) is 0 Å². The van der Waals surface area contributed by atoms with E-state index in [0.29, 0.717) is 6.54 Å². The van der Waals surface area contributed by atoms with Crippen LogP contribution in [0, 0.1) is 10.8 Å². The van der Waals surface area contributed by atoms with Gasteiger partial charge in [-0.2, -0.15) is 0 Å². The fourth-order valence-corrected chi connectivity index (χ4v) is 0.903. The number of carboxylic acids is 1. The lowest BCUT2D eigenvalue weighted by Crippen LogP contribution is -2.37. The molecule has 0 bridgehead atoms. The molecule has 0 aliphatic heterocycles. The second-order valence-electron chi connectivity index (χ2n) is 5.70. The van der Waals surface area contributed by atoms with Gasteiger partial charge in [0, 0.05) is 13.0 Å². The van der Waals surface area contributed by atoms with Gasteiger partial charge in [-0.1, -0.05) is 20.8 Å². The van der Waals surface area contributed by atoms with Crippen LogP contribution < -0.4 is 5.32 Å². The summed E-state index contributed by atoms with van der Waals surface area (Å²) in [4.78, 5) is 22.2. The summed E-state index contributed by atoms with van der Waals surface area (Å²) in [6.07, 6.45) is 0.0123. The van der Waals surface area contributed by atoms with Crippen LogP contribution in [0.1, 0.15) is 41.0 Å². The van der Waals surface area contributed by atoms with Crippen LogP contribution in [0.4, 0.5) is 0 Å². The lowest BCUT2D eigenvalue weighted by atomic mass is 9.89.